The quantitative estimate of drug-likeness (QED) is 0.813. The number of halogens is 6. The molecule has 0 saturated carbocycles. The summed E-state index contributed by atoms with van der Waals surface area (Å²) in [5.74, 6) is -6.34. The van der Waals surface area contributed by atoms with Gasteiger partial charge in [0.2, 0.25) is 0 Å². The van der Waals surface area contributed by atoms with Gasteiger partial charge in [-0.15, -0.1) is 0 Å². The summed E-state index contributed by atoms with van der Waals surface area (Å²) < 4.78 is 76.7. The maximum absolute atomic E-state index is 13.6. The lowest BCUT2D eigenvalue weighted by molar-refractivity contribution is -0.137. The molecule has 0 saturated heterocycles. The SMILES string of the molecule is O=C(Nc1ccc(C(F)(F)F)cc1F)c1cc(F)c(F)cc1O. The zero-order valence-electron chi connectivity index (χ0n) is 11.0. The van der Waals surface area contributed by atoms with Gasteiger partial charge >= 0.3 is 6.18 Å². The average molecular weight is 335 g/mol. The van der Waals surface area contributed by atoms with Gasteiger partial charge < -0.3 is 10.4 Å². The van der Waals surface area contributed by atoms with Gasteiger partial charge in [0, 0.05) is 6.07 Å². The molecule has 2 N–H and O–H groups in total. The van der Waals surface area contributed by atoms with Crippen LogP contribution in [0.15, 0.2) is 30.3 Å². The number of rotatable bonds is 2. The molecule has 3 nitrogen and oxygen atoms in total. The third kappa shape index (κ3) is 3.55. The third-order valence-corrected chi connectivity index (χ3v) is 2.83. The summed E-state index contributed by atoms with van der Waals surface area (Å²) in [6, 6.07) is 2.08. The van der Waals surface area contributed by atoms with E-state index >= 15 is 0 Å². The fourth-order valence-corrected chi connectivity index (χ4v) is 1.70. The number of alkyl halides is 3. The van der Waals surface area contributed by atoms with Crippen molar-refractivity contribution in [3.05, 3.63) is 58.9 Å². The van der Waals surface area contributed by atoms with Gasteiger partial charge in [-0.1, -0.05) is 0 Å². The van der Waals surface area contributed by atoms with Crippen LogP contribution in [0.5, 0.6) is 5.75 Å². The van der Waals surface area contributed by atoms with Crippen LogP contribution in [0.4, 0.5) is 32.0 Å². The van der Waals surface area contributed by atoms with Crippen molar-refractivity contribution in [3.63, 3.8) is 0 Å². The number of benzene rings is 2. The van der Waals surface area contributed by atoms with Crippen molar-refractivity contribution >= 4 is 11.6 Å². The van der Waals surface area contributed by atoms with Crippen molar-refractivity contribution in [1.29, 1.82) is 0 Å². The number of aromatic hydroxyl groups is 1. The van der Waals surface area contributed by atoms with Crippen LogP contribution >= 0.6 is 0 Å². The van der Waals surface area contributed by atoms with E-state index in [0.717, 1.165) is 0 Å². The molecule has 23 heavy (non-hydrogen) atoms. The summed E-state index contributed by atoms with van der Waals surface area (Å²) >= 11 is 0. The number of phenols is 1. The monoisotopic (exact) mass is 335 g/mol. The molecule has 122 valence electrons. The summed E-state index contributed by atoms with van der Waals surface area (Å²) in [5, 5.41) is 11.2. The van der Waals surface area contributed by atoms with E-state index in [2.05, 4.69) is 0 Å². The molecule has 0 fully saturated rings. The standard InChI is InChI=1S/C14H7F6NO2/c15-8-4-7(12(22)5-9(8)16)13(23)21-11-2-1-6(3-10(11)17)14(18,19)20/h1-5,22H,(H,21,23). The number of phenolic OH excluding ortho intramolecular Hbond substituents is 1. The number of carbonyl (C=O) groups excluding carboxylic acids is 1. The Morgan fingerprint density at radius 1 is 0.957 bits per heavy atom. The van der Waals surface area contributed by atoms with Crippen LogP contribution in [0.2, 0.25) is 0 Å². The predicted molar refractivity (Wildman–Crippen MR) is 67.4 cm³/mol. The Kier molecular flexibility index (Phi) is 4.22. The van der Waals surface area contributed by atoms with Crippen LogP contribution in [0, 0.1) is 17.5 Å². The summed E-state index contributed by atoms with van der Waals surface area (Å²) in [6.45, 7) is 0. The summed E-state index contributed by atoms with van der Waals surface area (Å²) in [5.41, 5.74) is -2.58. The predicted octanol–water partition coefficient (Wildman–Crippen LogP) is 4.08. The van der Waals surface area contributed by atoms with Crippen molar-refractivity contribution in [1.82, 2.24) is 0 Å². The Hall–Kier alpha value is -2.71. The van der Waals surface area contributed by atoms with Crippen molar-refractivity contribution in [2.45, 2.75) is 6.18 Å². The first-order chi connectivity index (χ1) is 10.6. The molecule has 0 bridgehead atoms. The van der Waals surface area contributed by atoms with Gasteiger partial charge in [0.1, 0.15) is 11.6 Å². The Labute approximate surface area is 125 Å². The normalized spacial score (nSPS) is 11.4. The van der Waals surface area contributed by atoms with E-state index in [-0.39, 0.29) is 6.07 Å². The summed E-state index contributed by atoms with van der Waals surface area (Å²) in [7, 11) is 0. The fraction of sp³-hybridized carbons (Fsp3) is 0.0714. The molecule has 1 amide bonds. The van der Waals surface area contributed by atoms with Crippen molar-refractivity contribution in [2.24, 2.45) is 0 Å². The highest BCUT2D eigenvalue weighted by atomic mass is 19.4. The molecule has 9 heteroatoms. The Morgan fingerprint density at radius 2 is 1.57 bits per heavy atom. The first kappa shape index (κ1) is 16.7. The number of nitrogens with one attached hydrogen (secondary N) is 1. The fourth-order valence-electron chi connectivity index (χ4n) is 1.70. The second-order valence-corrected chi connectivity index (χ2v) is 4.43. The molecule has 0 aliphatic carbocycles. The van der Waals surface area contributed by atoms with Crippen molar-refractivity contribution in [2.75, 3.05) is 5.32 Å². The number of hydrogen-bond acceptors (Lipinski definition) is 2. The molecular formula is C14H7F6NO2. The first-order valence-electron chi connectivity index (χ1n) is 5.95. The molecule has 0 aliphatic heterocycles. The van der Waals surface area contributed by atoms with Gasteiger partial charge in [-0.2, -0.15) is 13.2 Å². The van der Waals surface area contributed by atoms with E-state index in [1.807, 2.05) is 5.32 Å². The lowest BCUT2D eigenvalue weighted by Gasteiger charge is -2.11. The van der Waals surface area contributed by atoms with Gasteiger partial charge in [-0.3, -0.25) is 4.79 Å². The molecule has 0 radical (unpaired) electrons. The zero-order valence-corrected chi connectivity index (χ0v) is 11.0. The second kappa shape index (κ2) is 5.82. The van der Waals surface area contributed by atoms with Crippen LogP contribution in [0.25, 0.3) is 0 Å². The molecule has 0 atom stereocenters. The van der Waals surface area contributed by atoms with Crippen molar-refractivity contribution in [3.8, 4) is 5.75 Å². The smallest absolute Gasteiger partial charge is 0.416 e. The summed E-state index contributed by atoms with van der Waals surface area (Å²) in [4.78, 5) is 11.8. The highest BCUT2D eigenvalue weighted by Gasteiger charge is 2.31. The average Bonchev–Trinajstić information content (AvgIpc) is 2.43. The van der Waals surface area contributed by atoms with Crippen LogP contribution in [-0.4, -0.2) is 11.0 Å². The van der Waals surface area contributed by atoms with Crippen LogP contribution in [0.1, 0.15) is 15.9 Å². The van der Waals surface area contributed by atoms with E-state index in [1.54, 1.807) is 0 Å². The minimum atomic E-state index is -4.76. The van der Waals surface area contributed by atoms with Crippen LogP contribution in [0.3, 0.4) is 0 Å². The zero-order chi connectivity index (χ0) is 17.4. The minimum Gasteiger partial charge on any atom is -0.507 e. The van der Waals surface area contributed by atoms with E-state index < -0.39 is 52.1 Å². The van der Waals surface area contributed by atoms with Gasteiger partial charge in [0.25, 0.3) is 5.91 Å². The molecule has 0 unspecified atom stereocenters. The first-order valence-corrected chi connectivity index (χ1v) is 5.95. The lowest BCUT2D eigenvalue weighted by atomic mass is 10.1. The molecule has 0 spiro atoms. The van der Waals surface area contributed by atoms with Gasteiger partial charge in [0.15, 0.2) is 11.6 Å². The topological polar surface area (TPSA) is 49.3 Å². The highest BCUT2D eigenvalue weighted by Crippen LogP contribution is 2.31. The van der Waals surface area contributed by atoms with Gasteiger partial charge in [-0.05, 0) is 24.3 Å². The van der Waals surface area contributed by atoms with Gasteiger partial charge in [0.05, 0.1) is 16.8 Å². The molecular weight excluding hydrogens is 328 g/mol. The van der Waals surface area contributed by atoms with E-state index in [4.69, 9.17) is 0 Å². The van der Waals surface area contributed by atoms with Gasteiger partial charge in [-0.25, -0.2) is 13.2 Å². The van der Waals surface area contributed by atoms with Crippen LogP contribution in [-0.2, 0) is 6.18 Å². The minimum absolute atomic E-state index is 0.167. The molecule has 2 aromatic rings. The largest absolute Gasteiger partial charge is 0.507 e. The van der Waals surface area contributed by atoms with E-state index in [0.29, 0.717) is 24.3 Å². The number of anilines is 1. The van der Waals surface area contributed by atoms with Crippen molar-refractivity contribution < 1.29 is 36.2 Å². The molecule has 0 heterocycles. The van der Waals surface area contributed by atoms with E-state index in [9.17, 15) is 36.2 Å². The molecule has 0 aliphatic rings. The second-order valence-electron chi connectivity index (χ2n) is 4.43. The number of amides is 1. The molecule has 2 rings (SSSR count). The Bertz CT molecular complexity index is 773. The molecule has 0 aromatic heterocycles. The maximum atomic E-state index is 13.6. The Morgan fingerprint density at radius 3 is 2.13 bits per heavy atom. The van der Waals surface area contributed by atoms with E-state index in [1.165, 1.54) is 0 Å². The highest BCUT2D eigenvalue weighted by molar-refractivity contribution is 6.06. The maximum Gasteiger partial charge on any atom is 0.416 e. The lowest BCUT2D eigenvalue weighted by Crippen LogP contribution is -2.14. The number of carbonyl (C=O) groups is 1. The Balaban J connectivity index is 2.29. The summed E-state index contributed by atoms with van der Waals surface area (Å²) in [6.07, 6.45) is -4.76. The number of hydrogen-bond donors (Lipinski definition) is 2. The third-order valence-electron chi connectivity index (χ3n) is 2.83. The molecule has 2 aromatic carbocycles. The van der Waals surface area contributed by atoms with Crippen LogP contribution < -0.4 is 5.32 Å².